The molecular formula is C17H19N. The number of nitrogens with zero attached hydrogens (tertiary/aromatic N) is 1. The molecule has 0 aromatic carbocycles. The van der Waals surface area contributed by atoms with Crippen LogP contribution >= 0.6 is 0 Å². The van der Waals surface area contributed by atoms with E-state index in [4.69, 9.17) is 0 Å². The second kappa shape index (κ2) is 3.26. The van der Waals surface area contributed by atoms with Gasteiger partial charge < -0.3 is 0 Å². The Kier molecular flexibility index (Phi) is 1.77. The first-order valence-corrected chi connectivity index (χ1v) is 7.55. The van der Waals surface area contributed by atoms with Gasteiger partial charge in [-0.25, -0.2) is 0 Å². The number of fused-ring (bicyclic) bond motifs is 9. The quantitative estimate of drug-likeness (QED) is 0.677. The third-order valence-corrected chi connectivity index (χ3v) is 6.29. The Morgan fingerprint density at radius 1 is 1.00 bits per heavy atom. The molecule has 0 radical (unpaired) electrons. The lowest BCUT2D eigenvalue weighted by molar-refractivity contribution is 0.210. The Morgan fingerprint density at radius 2 is 1.89 bits per heavy atom. The van der Waals surface area contributed by atoms with E-state index in [9.17, 15) is 0 Å². The minimum atomic E-state index is 0.852. The summed E-state index contributed by atoms with van der Waals surface area (Å²) in [6, 6.07) is 6.36. The summed E-state index contributed by atoms with van der Waals surface area (Å²) in [6.07, 6.45) is 10.6. The van der Waals surface area contributed by atoms with E-state index in [2.05, 4.69) is 23.2 Å². The van der Waals surface area contributed by atoms with Gasteiger partial charge in [0.05, 0.1) is 5.69 Å². The second-order valence-corrected chi connectivity index (χ2v) is 6.83. The molecule has 4 aliphatic carbocycles. The minimum Gasteiger partial charge on any atom is -0.257 e. The lowest BCUT2D eigenvalue weighted by Crippen LogP contribution is -2.27. The number of hydrogen-bond acceptors (Lipinski definition) is 1. The summed E-state index contributed by atoms with van der Waals surface area (Å²) >= 11 is 0. The van der Waals surface area contributed by atoms with Crippen LogP contribution in [0.5, 0.6) is 0 Å². The Labute approximate surface area is 108 Å². The van der Waals surface area contributed by atoms with Crippen molar-refractivity contribution in [3.05, 3.63) is 36.2 Å². The fourth-order valence-electron chi connectivity index (χ4n) is 5.90. The first kappa shape index (κ1) is 9.77. The largest absolute Gasteiger partial charge is 0.257 e. The second-order valence-electron chi connectivity index (χ2n) is 6.83. The van der Waals surface area contributed by atoms with E-state index in [1.165, 1.54) is 25.0 Å². The standard InChI is InChI=1S/C17H19N/c1-2-6-18-15(3-1)13-8-12-9-14(13)17-11-5-4-10(7-11)16(12)17/h1-3,6,8,10-12,14,16-17H,4-5,7,9H2. The van der Waals surface area contributed by atoms with Crippen molar-refractivity contribution in [1.82, 2.24) is 4.98 Å². The van der Waals surface area contributed by atoms with Crippen LogP contribution in [0.2, 0.25) is 0 Å². The summed E-state index contributed by atoms with van der Waals surface area (Å²) in [7, 11) is 0. The maximum Gasteiger partial charge on any atom is 0.0661 e. The molecular weight excluding hydrogens is 218 g/mol. The van der Waals surface area contributed by atoms with Gasteiger partial charge in [-0.2, -0.15) is 0 Å². The van der Waals surface area contributed by atoms with E-state index >= 15 is 0 Å². The molecule has 3 saturated carbocycles. The molecule has 0 saturated heterocycles. The van der Waals surface area contributed by atoms with Gasteiger partial charge in [0.2, 0.25) is 0 Å². The average Bonchev–Trinajstić information content (AvgIpc) is 3.17. The van der Waals surface area contributed by atoms with E-state index in [1.54, 1.807) is 12.0 Å². The monoisotopic (exact) mass is 237 g/mol. The van der Waals surface area contributed by atoms with Crippen molar-refractivity contribution in [2.45, 2.75) is 25.7 Å². The van der Waals surface area contributed by atoms with E-state index in [-0.39, 0.29) is 0 Å². The van der Waals surface area contributed by atoms with Gasteiger partial charge in [-0.15, -0.1) is 0 Å². The molecule has 18 heavy (non-hydrogen) atoms. The maximum atomic E-state index is 4.59. The molecule has 1 aromatic heterocycles. The Morgan fingerprint density at radius 3 is 2.72 bits per heavy atom. The summed E-state index contributed by atoms with van der Waals surface area (Å²) < 4.78 is 0. The van der Waals surface area contributed by atoms with Gasteiger partial charge in [0, 0.05) is 6.20 Å². The van der Waals surface area contributed by atoms with E-state index in [1.807, 2.05) is 12.3 Å². The molecule has 1 aromatic rings. The SMILES string of the molecule is C1=C(c2ccccn2)C2CC1C1C3CCC(C3)C21. The van der Waals surface area contributed by atoms with Crippen LogP contribution in [0.15, 0.2) is 30.5 Å². The number of hydrogen-bond donors (Lipinski definition) is 0. The Hall–Kier alpha value is -1.11. The van der Waals surface area contributed by atoms with Crippen LogP contribution in [-0.4, -0.2) is 4.98 Å². The van der Waals surface area contributed by atoms with Gasteiger partial charge in [0.15, 0.2) is 0 Å². The zero-order valence-electron chi connectivity index (χ0n) is 10.6. The van der Waals surface area contributed by atoms with Crippen molar-refractivity contribution in [2.75, 3.05) is 0 Å². The highest BCUT2D eigenvalue weighted by molar-refractivity contribution is 5.69. The Balaban J connectivity index is 1.57. The van der Waals surface area contributed by atoms with Crippen LogP contribution in [-0.2, 0) is 0 Å². The molecule has 1 heterocycles. The highest BCUT2D eigenvalue weighted by Crippen LogP contribution is 2.68. The molecule has 0 aliphatic heterocycles. The molecule has 0 N–H and O–H groups in total. The molecule has 3 fully saturated rings. The smallest absolute Gasteiger partial charge is 0.0661 e. The van der Waals surface area contributed by atoms with Gasteiger partial charge in [0.25, 0.3) is 0 Å². The first-order chi connectivity index (χ1) is 8.92. The van der Waals surface area contributed by atoms with E-state index < -0.39 is 0 Å². The minimum absolute atomic E-state index is 0.852. The third-order valence-electron chi connectivity index (χ3n) is 6.29. The number of aromatic nitrogens is 1. The normalized spacial score (nSPS) is 47.4. The topological polar surface area (TPSA) is 12.9 Å². The van der Waals surface area contributed by atoms with Crippen LogP contribution in [0, 0.1) is 35.5 Å². The van der Waals surface area contributed by atoms with Crippen LogP contribution in [0.4, 0.5) is 0 Å². The molecule has 1 nitrogen and oxygen atoms in total. The van der Waals surface area contributed by atoms with Crippen molar-refractivity contribution < 1.29 is 0 Å². The Bertz CT molecular complexity index is 518. The first-order valence-electron chi connectivity index (χ1n) is 7.55. The van der Waals surface area contributed by atoms with Crippen LogP contribution in [0.25, 0.3) is 5.57 Å². The molecule has 4 bridgehead atoms. The summed E-state index contributed by atoms with van der Waals surface area (Å²) in [4.78, 5) is 4.59. The molecule has 5 rings (SSSR count). The van der Waals surface area contributed by atoms with E-state index in [0.29, 0.717) is 0 Å². The molecule has 6 atom stereocenters. The molecule has 0 spiro atoms. The maximum absolute atomic E-state index is 4.59. The predicted octanol–water partition coefficient (Wildman–Crippen LogP) is 3.78. The van der Waals surface area contributed by atoms with Gasteiger partial charge in [-0.05, 0) is 78.9 Å². The van der Waals surface area contributed by atoms with Crippen molar-refractivity contribution in [3.63, 3.8) is 0 Å². The molecule has 1 heteroatoms. The third kappa shape index (κ3) is 1.07. The zero-order chi connectivity index (χ0) is 11.7. The lowest BCUT2D eigenvalue weighted by Gasteiger charge is -2.34. The van der Waals surface area contributed by atoms with Crippen LogP contribution in [0.1, 0.15) is 31.4 Å². The fourth-order valence-corrected chi connectivity index (χ4v) is 5.90. The summed E-state index contributed by atoms with van der Waals surface area (Å²) in [5.41, 5.74) is 2.85. The average molecular weight is 237 g/mol. The summed E-state index contributed by atoms with van der Waals surface area (Å²) in [6.45, 7) is 0. The fraction of sp³-hybridized carbons (Fsp3) is 0.588. The van der Waals surface area contributed by atoms with Crippen molar-refractivity contribution >= 4 is 5.57 Å². The van der Waals surface area contributed by atoms with Crippen LogP contribution < -0.4 is 0 Å². The van der Waals surface area contributed by atoms with Crippen molar-refractivity contribution in [1.29, 1.82) is 0 Å². The van der Waals surface area contributed by atoms with Crippen molar-refractivity contribution in [3.8, 4) is 0 Å². The predicted molar refractivity (Wildman–Crippen MR) is 71.6 cm³/mol. The highest BCUT2D eigenvalue weighted by atomic mass is 14.7. The number of allylic oxidation sites excluding steroid dienone is 2. The van der Waals surface area contributed by atoms with Gasteiger partial charge in [-0.1, -0.05) is 12.1 Å². The number of rotatable bonds is 1. The van der Waals surface area contributed by atoms with Gasteiger partial charge >= 0.3 is 0 Å². The van der Waals surface area contributed by atoms with E-state index in [0.717, 1.165) is 35.5 Å². The number of pyridine rings is 1. The lowest BCUT2D eigenvalue weighted by atomic mass is 9.71. The van der Waals surface area contributed by atoms with Gasteiger partial charge in [0.1, 0.15) is 0 Å². The summed E-state index contributed by atoms with van der Waals surface area (Å²) in [5, 5.41) is 0. The van der Waals surface area contributed by atoms with Gasteiger partial charge in [-0.3, -0.25) is 4.98 Å². The molecule has 6 unspecified atom stereocenters. The molecule has 4 aliphatic rings. The highest BCUT2D eigenvalue weighted by Gasteiger charge is 2.59. The molecule has 0 amide bonds. The van der Waals surface area contributed by atoms with Crippen LogP contribution in [0.3, 0.4) is 0 Å². The molecule has 92 valence electrons. The summed E-state index contributed by atoms with van der Waals surface area (Å²) in [5.74, 6) is 5.97. The van der Waals surface area contributed by atoms with Crippen molar-refractivity contribution in [2.24, 2.45) is 35.5 Å². The zero-order valence-corrected chi connectivity index (χ0v) is 10.6.